The Labute approximate surface area is 81.6 Å². The van der Waals surface area contributed by atoms with Gasteiger partial charge in [0.1, 0.15) is 0 Å². The van der Waals surface area contributed by atoms with Gasteiger partial charge in [0, 0.05) is 14.9 Å². The van der Waals surface area contributed by atoms with Crippen molar-refractivity contribution in [3.8, 4) is 0 Å². The van der Waals surface area contributed by atoms with E-state index in [1.54, 1.807) is 0 Å². The largest absolute Gasteiger partial charge is 0.144 e. The maximum Gasteiger partial charge on any atom is 0.0142 e. The molecule has 0 amide bonds. The lowest BCUT2D eigenvalue weighted by Crippen LogP contribution is -2.02. The molecule has 2 heteroatoms. The first kappa shape index (κ1) is 10.2. The summed E-state index contributed by atoms with van der Waals surface area (Å²) < 4.78 is 0. The highest BCUT2D eigenvalue weighted by Crippen LogP contribution is 2.37. The van der Waals surface area contributed by atoms with Crippen LogP contribution in [0.25, 0.3) is 0 Å². The van der Waals surface area contributed by atoms with Crippen LogP contribution in [0, 0.1) is 0 Å². The lowest BCUT2D eigenvalue weighted by atomic mass is 10.1. The van der Waals surface area contributed by atoms with Crippen molar-refractivity contribution in [2.75, 3.05) is 0 Å². The molecule has 12 heavy (non-hydrogen) atoms. The van der Waals surface area contributed by atoms with Crippen molar-refractivity contribution in [1.82, 2.24) is 0 Å². The van der Waals surface area contributed by atoms with Crippen LogP contribution in [0.3, 0.4) is 0 Å². The highest BCUT2D eigenvalue weighted by Gasteiger charge is 2.16. The van der Waals surface area contributed by atoms with E-state index < -0.39 is 0 Å². The molecule has 1 atom stereocenters. The molecule has 68 valence electrons. The Morgan fingerprint density at radius 2 is 1.92 bits per heavy atom. The van der Waals surface area contributed by atoms with Crippen molar-refractivity contribution >= 4 is 20.6 Å². The molecule has 0 nitrogen and oxygen atoms in total. The van der Waals surface area contributed by atoms with E-state index in [0.717, 1.165) is 0 Å². The van der Waals surface area contributed by atoms with E-state index in [1.165, 1.54) is 9.75 Å². The zero-order valence-corrected chi connectivity index (χ0v) is 10.2. The molecule has 0 aliphatic carbocycles. The van der Waals surface area contributed by atoms with Crippen molar-refractivity contribution in [2.24, 2.45) is 0 Å². The van der Waals surface area contributed by atoms with Gasteiger partial charge in [0.25, 0.3) is 0 Å². The molecule has 1 heterocycles. The summed E-state index contributed by atoms with van der Waals surface area (Å²) in [5.41, 5.74) is 0. The fraction of sp³-hybridized carbons (Fsp3) is 0.600. The average molecular weight is 200 g/mol. The van der Waals surface area contributed by atoms with E-state index in [9.17, 15) is 0 Å². The molecule has 0 saturated heterocycles. The summed E-state index contributed by atoms with van der Waals surface area (Å²) >= 11 is 1.93. The second-order valence-electron chi connectivity index (χ2n) is 4.08. The zero-order chi connectivity index (χ0) is 9.35. The molecular weight excluding hydrogens is 183 g/mol. The fourth-order valence-electron chi connectivity index (χ4n) is 1.01. The third-order valence-electron chi connectivity index (χ3n) is 1.83. The van der Waals surface area contributed by atoms with Crippen LogP contribution in [-0.4, -0.2) is 0 Å². The van der Waals surface area contributed by atoms with Gasteiger partial charge < -0.3 is 0 Å². The van der Waals surface area contributed by atoms with Gasteiger partial charge in [-0.3, -0.25) is 0 Å². The minimum absolute atomic E-state index is 0.234. The SMILES string of the molecule is CC(C)c1ccc(C(C)(C)P)s1. The van der Waals surface area contributed by atoms with Gasteiger partial charge in [0.05, 0.1) is 0 Å². The van der Waals surface area contributed by atoms with Crippen LogP contribution in [0.1, 0.15) is 43.4 Å². The highest BCUT2D eigenvalue weighted by molar-refractivity contribution is 7.21. The molecule has 0 radical (unpaired) electrons. The van der Waals surface area contributed by atoms with Crippen molar-refractivity contribution < 1.29 is 0 Å². The minimum Gasteiger partial charge on any atom is -0.144 e. The highest BCUT2D eigenvalue weighted by atomic mass is 32.1. The average Bonchev–Trinajstić information content (AvgIpc) is 2.30. The van der Waals surface area contributed by atoms with Crippen LogP contribution in [0.15, 0.2) is 12.1 Å². The van der Waals surface area contributed by atoms with E-state index in [-0.39, 0.29) is 5.16 Å². The topological polar surface area (TPSA) is 0 Å². The van der Waals surface area contributed by atoms with Gasteiger partial charge in [-0.05, 0) is 18.1 Å². The first-order valence-electron chi connectivity index (χ1n) is 4.30. The summed E-state index contributed by atoms with van der Waals surface area (Å²) in [7, 11) is 2.89. The van der Waals surface area contributed by atoms with E-state index in [2.05, 4.69) is 49.1 Å². The van der Waals surface area contributed by atoms with Crippen molar-refractivity contribution in [3.63, 3.8) is 0 Å². The first-order chi connectivity index (χ1) is 5.41. The van der Waals surface area contributed by atoms with Crippen molar-refractivity contribution in [3.05, 3.63) is 21.9 Å². The van der Waals surface area contributed by atoms with E-state index in [0.29, 0.717) is 5.92 Å². The predicted octanol–water partition coefficient (Wildman–Crippen LogP) is 3.98. The third kappa shape index (κ3) is 2.31. The molecule has 1 aromatic heterocycles. The van der Waals surface area contributed by atoms with Gasteiger partial charge in [0.2, 0.25) is 0 Å². The molecule has 0 N–H and O–H groups in total. The molecule has 1 unspecified atom stereocenters. The Hall–Kier alpha value is 0.130. The molecule has 0 bridgehead atoms. The summed E-state index contributed by atoms with van der Waals surface area (Å²) in [6, 6.07) is 4.49. The number of thiophene rings is 1. The molecule has 1 rings (SSSR count). The molecule has 0 spiro atoms. The predicted molar refractivity (Wildman–Crippen MR) is 61.1 cm³/mol. The van der Waals surface area contributed by atoms with Gasteiger partial charge in [-0.2, -0.15) is 0 Å². The Kier molecular flexibility index (Phi) is 2.96. The third-order valence-corrected chi connectivity index (χ3v) is 4.08. The summed E-state index contributed by atoms with van der Waals surface area (Å²) in [5.74, 6) is 0.663. The fourth-order valence-corrected chi connectivity index (χ4v) is 2.31. The van der Waals surface area contributed by atoms with E-state index in [4.69, 9.17) is 0 Å². The summed E-state index contributed by atoms with van der Waals surface area (Å²) in [4.78, 5) is 2.94. The molecular formula is C10H17PS. The zero-order valence-electron chi connectivity index (χ0n) is 8.22. The van der Waals surface area contributed by atoms with Crippen molar-refractivity contribution in [1.29, 1.82) is 0 Å². The Balaban J connectivity index is 2.92. The van der Waals surface area contributed by atoms with Crippen LogP contribution in [0.4, 0.5) is 0 Å². The molecule has 0 saturated carbocycles. The molecule has 1 aromatic rings. The maximum atomic E-state index is 2.89. The second kappa shape index (κ2) is 3.47. The smallest absolute Gasteiger partial charge is 0.0142 e. The van der Waals surface area contributed by atoms with Gasteiger partial charge in [-0.25, -0.2) is 0 Å². The summed E-state index contributed by atoms with van der Waals surface area (Å²) in [6.45, 7) is 8.94. The van der Waals surface area contributed by atoms with Crippen LogP contribution in [0.2, 0.25) is 0 Å². The first-order valence-corrected chi connectivity index (χ1v) is 5.69. The number of hydrogen-bond donors (Lipinski definition) is 0. The quantitative estimate of drug-likeness (QED) is 0.633. The minimum atomic E-state index is 0.234. The lowest BCUT2D eigenvalue weighted by molar-refractivity contribution is 0.803. The van der Waals surface area contributed by atoms with Crippen LogP contribution in [-0.2, 0) is 5.16 Å². The Morgan fingerprint density at radius 1 is 1.33 bits per heavy atom. The Morgan fingerprint density at radius 3 is 2.17 bits per heavy atom. The van der Waals surface area contributed by atoms with Gasteiger partial charge in [-0.1, -0.05) is 27.7 Å². The number of rotatable bonds is 2. The standard InChI is InChI=1S/C10H17PS/c1-7(2)8-5-6-9(12-8)10(3,4)11/h5-7H,11H2,1-4H3. The van der Waals surface area contributed by atoms with Crippen LogP contribution in [0.5, 0.6) is 0 Å². The molecule has 0 fully saturated rings. The molecule has 0 aromatic carbocycles. The van der Waals surface area contributed by atoms with E-state index in [1.807, 2.05) is 11.3 Å². The van der Waals surface area contributed by atoms with Crippen molar-refractivity contribution in [2.45, 2.75) is 38.8 Å². The van der Waals surface area contributed by atoms with Crippen LogP contribution >= 0.6 is 20.6 Å². The lowest BCUT2D eigenvalue weighted by Gasteiger charge is -2.15. The number of hydrogen-bond acceptors (Lipinski definition) is 1. The summed E-state index contributed by atoms with van der Waals surface area (Å²) in [6.07, 6.45) is 0. The Bertz CT molecular complexity index is 255. The van der Waals surface area contributed by atoms with Gasteiger partial charge in [0.15, 0.2) is 0 Å². The molecule has 0 aliphatic rings. The van der Waals surface area contributed by atoms with E-state index >= 15 is 0 Å². The second-order valence-corrected chi connectivity index (χ2v) is 6.64. The maximum absolute atomic E-state index is 2.89. The van der Waals surface area contributed by atoms with Gasteiger partial charge >= 0.3 is 0 Å². The molecule has 0 aliphatic heterocycles. The monoisotopic (exact) mass is 200 g/mol. The van der Waals surface area contributed by atoms with Gasteiger partial charge in [-0.15, -0.1) is 20.6 Å². The normalized spacial score (nSPS) is 12.5. The van der Waals surface area contributed by atoms with Crippen LogP contribution < -0.4 is 0 Å². The summed E-state index contributed by atoms with van der Waals surface area (Å²) in [5, 5.41) is 0.234.